The summed E-state index contributed by atoms with van der Waals surface area (Å²) < 4.78 is 3.27. The largest absolute Gasteiger partial charge is 0.476 e. The van der Waals surface area contributed by atoms with Crippen LogP contribution >= 0.6 is 0 Å². The van der Waals surface area contributed by atoms with Gasteiger partial charge in [-0.15, -0.1) is 5.10 Å². The quantitative estimate of drug-likeness (QED) is 0.719. The fraction of sp³-hybridized carbons (Fsp3) is 0.444. The number of hydrogen-bond acceptors (Lipinski definition) is 6. The Kier molecular flexibility index (Phi) is 4.54. The van der Waals surface area contributed by atoms with Gasteiger partial charge in [0.15, 0.2) is 11.3 Å². The lowest BCUT2D eigenvalue weighted by Gasteiger charge is -2.32. The maximum atomic E-state index is 13.0. The second kappa shape index (κ2) is 7.02. The minimum Gasteiger partial charge on any atom is -0.476 e. The van der Waals surface area contributed by atoms with Gasteiger partial charge in [-0.3, -0.25) is 9.48 Å². The van der Waals surface area contributed by atoms with E-state index in [0.717, 1.165) is 24.2 Å². The predicted octanol–water partition coefficient (Wildman–Crippen LogP) is 1.19. The number of carbonyl (C=O) groups is 2. The molecule has 1 saturated heterocycles. The van der Waals surface area contributed by atoms with E-state index in [4.69, 9.17) is 5.11 Å². The Balaban J connectivity index is 1.49. The van der Waals surface area contributed by atoms with Gasteiger partial charge in [0.2, 0.25) is 0 Å². The first-order valence-electron chi connectivity index (χ1n) is 9.17. The van der Waals surface area contributed by atoms with Crippen molar-refractivity contribution in [2.24, 2.45) is 5.92 Å². The molecule has 0 saturated carbocycles. The van der Waals surface area contributed by atoms with Gasteiger partial charge in [-0.1, -0.05) is 5.21 Å². The van der Waals surface area contributed by atoms with Crippen molar-refractivity contribution in [1.82, 2.24) is 34.5 Å². The molecule has 4 rings (SSSR count). The van der Waals surface area contributed by atoms with Crippen LogP contribution in [0, 0.1) is 19.8 Å². The molecule has 0 radical (unpaired) electrons. The SMILES string of the molecule is Cc1cc2nc(C(=O)N3CCC[C@H](Cn4cc(C(=O)O)nn4)C3)cc(C)n2n1. The van der Waals surface area contributed by atoms with Gasteiger partial charge in [0.05, 0.1) is 11.9 Å². The lowest BCUT2D eigenvalue weighted by Crippen LogP contribution is -2.41. The van der Waals surface area contributed by atoms with E-state index >= 15 is 0 Å². The molecule has 1 N–H and O–H groups in total. The number of aryl methyl sites for hydroxylation is 2. The summed E-state index contributed by atoms with van der Waals surface area (Å²) in [5.74, 6) is -1.01. The van der Waals surface area contributed by atoms with Crippen LogP contribution in [0.2, 0.25) is 0 Å². The van der Waals surface area contributed by atoms with Gasteiger partial charge in [-0.05, 0) is 38.7 Å². The van der Waals surface area contributed by atoms with Gasteiger partial charge < -0.3 is 10.0 Å². The average molecular weight is 383 g/mol. The predicted molar refractivity (Wildman–Crippen MR) is 98.1 cm³/mol. The number of aromatic carboxylic acids is 1. The molecule has 0 bridgehead atoms. The van der Waals surface area contributed by atoms with Crippen LogP contribution < -0.4 is 0 Å². The monoisotopic (exact) mass is 383 g/mol. The molecule has 0 aromatic carbocycles. The Labute approximate surface area is 160 Å². The number of aromatic nitrogens is 6. The van der Waals surface area contributed by atoms with E-state index < -0.39 is 5.97 Å². The molecule has 1 aliphatic heterocycles. The molecule has 10 nitrogen and oxygen atoms in total. The minimum absolute atomic E-state index is 0.0761. The highest BCUT2D eigenvalue weighted by Crippen LogP contribution is 2.20. The van der Waals surface area contributed by atoms with E-state index in [9.17, 15) is 9.59 Å². The highest BCUT2D eigenvalue weighted by molar-refractivity contribution is 5.93. The highest BCUT2D eigenvalue weighted by Gasteiger charge is 2.26. The molecule has 1 atom stereocenters. The summed E-state index contributed by atoms with van der Waals surface area (Å²) in [5.41, 5.74) is 2.72. The van der Waals surface area contributed by atoms with Crippen molar-refractivity contribution in [2.75, 3.05) is 13.1 Å². The van der Waals surface area contributed by atoms with E-state index in [-0.39, 0.29) is 17.5 Å². The lowest BCUT2D eigenvalue weighted by molar-refractivity contribution is 0.0652. The number of hydrogen-bond donors (Lipinski definition) is 1. The zero-order valence-electron chi connectivity index (χ0n) is 15.7. The number of carboxylic acid groups (broad SMARTS) is 1. The maximum Gasteiger partial charge on any atom is 0.358 e. The van der Waals surface area contributed by atoms with Crippen LogP contribution in [0.5, 0.6) is 0 Å². The molecule has 4 heterocycles. The summed E-state index contributed by atoms with van der Waals surface area (Å²) in [6.07, 6.45) is 3.24. The summed E-state index contributed by atoms with van der Waals surface area (Å²) in [7, 11) is 0. The molecule has 1 amide bonds. The van der Waals surface area contributed by atoms with Gasteiger partial charge in [0.1, 0.15) is 5.69 Å². The molecular formula is C18H21N7O3. The molecule has 3 aromatic heterocycles. The third-order valence-corrected chi connectivity index (χ3v) is 4.96. The zero-order valence-corrected chi connectivity index (χ0v) is 15.7. The first kappa shape index (κ1) is 18.1. The van der Waals surface area contributed by atoms with Crippen molar-refractivity contribution < 1.29 is 14.7 Å². The highest BCUT2D eigenvalue weighted by atomic mass is 16.4. The first-order chi connectivity index (χ1) is 13.4. The molecule has 28 heavy (non-hydrogen) atoms. The van der Waals surface area contributed by atoms with E-state index in [1.807, 2.05) is 24.8 Å². The smallest absolute Gasteiger partial charge is 0.358 e. The van der Waals surface area contributed by atoms with Crippen LogP contribution in [0.3, 0.4) is 0 Å². The Morgan fingerprint density at radius 2 is 2.07 bits per heavy atom. The number of likely N-dealkylation sites (tertiary alicyclic amines) is 1. The van der Waals surface area contributed by atoms with Gasteiger partial charge >= 0.3 is 5.97 Å². The van der Waals surface area contributed by atoms with E-state index in [0.29, 0.717) is 31.0 Å². The third kappa shape index (κ3) is 3.45. The third-order valence-electron chi connectivity index (χ3n) is 4.96. The molecule has 1 fully saturated rings. The number of carboxylic acids is 1. The molecule has 10 heteroatoms. The number of rotatable bonds is 4. The van der Waals surface area contributed by atoms with Crippen molar-refractivity contribution in [2.45, 2.75) is 33.2 Å². The topological polar surface area (TPSA) is 119 Å². The number of piperidine rings is 1. The number of nitrogens with zero attached hydrogens (tertiary/aromatic N) is 7. The van der Waals surface area contributed by atoms with Crippen LogP contribution in [0.25, 0.3) is 5.65 Å². The second-order valence-corrected chi connectivity index (χ2v) is 7.23. The van der Waals surface area contributed by atoms with Crippen molar-refractivity contribution >= 4 is 17.5 Å². The first-order valence-corrected chi connectivity index (χ1v) is 9.17. The van der Waals surface area contributed by atoms with Crippen LogP contribution in [-0.2, 0) is 6.54 Å². The summed E-state index contributed by atoms with van der Waals surface area (Å²) in [6.45, 7) is 5.58. The Bertz CT molecular complexity index is 1050. The molecule has 0 unspecified atom stereocenters. The van der Waals surface area contributed by atoms with Crippen LogP contribution in [0.15, 0.2) is 18.3 Å². The zero-order chi connectivity index (χ0) is 19.8. The molecule has 0 spiro atoms. The molecule has 146 valence electrons. The van der Waals surface area contributed by atoms with Gasteiger partial charge in [-0.2, -0.15) is 5.10 Å². The summed E-state index contributed by atoms with van der Waals surface area (Å²) in [6, 6.07) is 3.62. The van der Waals surface area contributed by atoms with Crippen LogP contribution in [0.4, 0.5) is 0 Å². The molecular weight excluding hydrogens is 362 g/mol. The van der Waals surface area contributed by atoms with Crippen molar-refractivity contribution in [3.8, 4) is 0 Å². The minimum atomic E-state index is -1.10. The summed E-state index contributed by atoms with van der Waals surface area (Å²) in [5, 5.41) is 20.8. The van der Waals surface area contributed by atoms with E-state index in [2.05, 4.69) is 20.4 Å². The fourth-order valence-electron chi connectivity index (χ4n) is 3.66. The van der Waals surface area contributed by atoms with Crippen molar-refractivity contribution in [3.63, 3.8) is 0 Å². The van der Waals surface area contributed by atoms with Crippen LogP contribution in [0.1, 0.15) is 45.2 Å². The normalized spacial score (nSPS) is 17.2. The molecule has 0 aliphatic carbocycles. The lowest BCUT2D eigenvalue weighted by atomic mass is 9.97. The van der Waals surface area contributed by atoms with Crippen LogP contribution in [-0.4, -0.2) is 64.6 Å². The Hall–Kier alpha value is -3.30. The summed E-state index contributed by atoms with van der Waals surface area (Å²) in [4.78, 5) is 30.3. The molecule has 3 aromatic rings. The molecule has 1 aliphatic rings. The number of amides is 1. The maximum absolute atomic E-state index is 13.0. The second-order valence-electron chi connectivity index (χ2n) is 7.23. The Morgan fingerprint density at radius 1 is 1.25 bits per heavy atom. The van der Waals surface area contributed by atoms with E-state index in [1.54, 1.807) is 10.6 Å². The standard InChI is InChI=1S/C18H21N7O3/c1-11-6-16-19-14(7-12(2)25(16)21-11)17(26)23-5-3-4-13(8-23)9-24-10-15(18(27)28)20-22-24/h6-7,10,13H,3-5,8-9H2,1-2H3,(H,27,28)/t13-/m0/s1. The van der Waals surface area contributed by atoms with Crippen molar-refractivity contribution in [1.29, 1.82) is 0 Å². The average Bonchev–Trinajstić information content (AvgIpc) is 3.27. The summed E-state index contributed by atoms with van der Waals surface area (Å²) >= 11 is 0. The van der Waals surface area contributed by atoms with Gasteiger partial charge in [0.25, 0.3) is 5.91 Å². The number of carbonyl (C=O) groups excluding carboxylic acids is 1. The number of fused-ring (bicyclic) bond motifs is 1. The van der Waals surface area contributed by atoms with Gasteiger partial charge in [-0.25, -0.2) is 14.3 Å². The fourth-order valence-corrected chi connectivity index (χ4v) is 3.66. The Morgan fingerprint density at radius 3 is 2.82 bits per heavy atom. The van der Waals surface area contributed by atoms with Gasteiger partial charge in [0, 0.05) is 31.4 Å². The van der Waals surface area contributed by atoms with E-state index in [1.165, 1.54) is 10.9 Å². The van der Waals surface area contributed by atoms with Crippen molar-refractivity contribution in [3.05, 3.63) is 41.1 Å².